The number of aromatic nitrogens is 1. The topological polar surface area (TPSA) is 53.4 Å². The number of aryl methyl sites for hydroxylation is 1. The molecule has 3 aromatic rings. The Bertz CT molecular complexity index is 1070. The Kier molecular flexibility index (Phi) is 3.81. The van der Waals surface area contributed by atoms with Gasteiger partial charge in [-0.3, -0.25) is 9.78 Å². The molecule has 1 unspecified atom stereocenters. The molecule has 1 atom stereocenters. The molecule has 0 saturated carbocycles. The van der Waals surface area contributed by atoms with Crippen LogP contribution in [0.25, 0.3) is 0 Å². The Morgan fingerprint density at radius 1 is 0.964 bits per heavy atom. The van der Waals surface area contributed by atoms with Crippen molar-refractivity contribution < 1.29 is 14.3 Å². The van der Waals surface area contributed by atoms with Gasteiger partial charge < -0.3 is 10.0 Å². The summed E-state index contributed by atoms with van der Waals surface area (Å²) in [5, 5.41) is 12.0. The standard InChI is InChI=1S/C23H19FN2O2/c24-20-6-4-17(5-7-20)23(28,18-2-1-10-25-14-18)19-12-15-3-8-21(27)26-11-9-16(13-19)22(15)26/h1-2,4-7,10,12-14,28H,3,8-9,11H2. The highest BCUT2D eigenvalue weighted by molar-refractivity contribution is 5.98. The number of nitrogens with zero attached hydrogens (tertiary/aromatic N) is 2. The highest BCUT2D eigenvalue weighted by Crippen LogP contribution is 2.43. The van der Waals surface area contributed by atoms with E-state index in [0.29, 0.717) is 30.5 Å². The van der Waals surface area contributed by atoms with Crippen LogP contribution in [0.5, 0.6) is 0 Å². The number of carbonyl (C=O) groups is 1. The number of rotatable bonds is 3. The maximum Gasteiger partial charge on any atom is 0.227 e. The van der Waals surface area contributed by atoms with E-state index in [1.807, 2.05) is 23.1 Å². The molecular formula is C23H19FN2O2. The third-order valence-corrected chi connectivity index (χ3v) is 5.81. The molecule has 0 saturated heterocycles. The minimum Gasteiger partial charge on any atom is -0.376 e. The molecule has 0 radical (unpaired) electrons. The van der Waals surface area contributed by atoms with Crippen molar-refractivity contribution >= 4 is 11.6 Å². The van der Waals surface area contributed by atoms with Gasteiger partial charge in [-0.05, 0) is 53.3 Å². The number of benzene rings is 2. The van der Waals surface area contributed by atoms with E-state index in [9.17, 15) is 14.3 Å². The Morgan fingerprint density at radius 3 is 2.43 bits per heavy atom. The summed E-state index contributed by atoms with van der Waals surface area (Å²) in [6.07, 6.45) is 5.22. The largest absolute Gasteiger partial charge is 0.376 e. The second kappa shape index (κ2) is 6.24. The lowest BCUT2D eigenvalue weighted by Crippen LogP contribution is -2.33. The van der Waals surface area contributed by atoms with E-state index in [-0.39, 0.29) is 11.7 Å². The minimum atomic E-state index is -1.46. The maximum absolute atomic E-state index is 13.5. The average Bonchev–Trinajstić information content (AvgIpc) is 3.17. The quantitative estimate of drug-likeness (QED) is 0.765. The Balaban J connectivity index is 1.74. The minimum absolute atomic E-state index is 0.167. The van der Waals surface area contributed by atoms with Crippen molar-refractivity contribution in [3.05, 3.63) is 94.6 Å². The molecule has 28 heavy (non-hydrogen) atoms. The van der Waals surface area contributed by atoms with E-state index in [1.165, 1.54) is 12.1 Å². The van der Waals surface area contributed by atoms with Crippen molar-refractivity contribution in [2.45, 2.75) is 24.9 Å². The summed E-state index contributed by atoms with van der Waals surface area (Å²) in [5.74, 6) is -0.185. The SMILES string of the molecule is O=C1CCc2cc(C(O)(c3ccc(F)cc3)c3cccnc3)cc3c2N1CC3. The fraction of sp³-hybridized carbons (Fsp3) is 0.217. The van der Waals surface area contributed by atoms with Crippen LogP contribution in [0, 0.1) is 5.82 Å². The van der Waals surface area contributed by atoms with Gasteiger partial charge >= 0.3 is 0 Å². The van der Waals surface area contributed by atoms with E-state index >= 15 is 0 Å². The summed E-state index contributed by atoms with van der Waals surface area (Å²) < 4.78 is 13.5. The van der Waals surface area contributed by atoms with E-state index in [0.717, 1.165) is 28.8 Å². The van der Waals surface area contributed by atoms with E-state index in [4.69, 9.17) is 0 Å². The van der Waals surface area contributed by atoms with Gasteiger partial charge in [-0.15, -0.1) is 0 Å². The molecule has 1 N–H and O–H groups in total. The van der Waals surface area contributed by atoms with Gasteiger partial charge in [0.25, 0.3) is 0 Å². The number of pyridine rings is 1. The number of halogens is 1. The van der Waals surface area contributed by atoms with Crippen molar-refractivity contribution in [1.82, 2.24) is 4.98 Å². The molecule has 5 heteroatoms. The van der Waals surface area contributed by atoms with Crippen LogP contribution in [0.1, 0.15) is 34.2 Å². The summed E-state index contributed by atoms with van der Waals surface area (Å²) in [6.45, 7) is 0.687. The second-order valence-electron chi connectivity index (χ2n) is 7.40. The van der Waals surface area contributed by atoms with Crippen LogP contribution >= 0.6 is 0 Å². The number of hydrogen-bond donors (Lipinski definition) is 1. The molecule has 3 heterocycles. The predicted octanol–water partition coefficient (Wildman–Crippen LogP) is 3.34. The third-order valence-electron chi connectivity index (χ3n) is 5.81. The van der Waals surface area contributed by atoms with Crippen molar-refractivity contribution in [3.8, 4) is 0 Å². The maximum atomic E-state index is 13.5. The van der Waals surface area contributed by atoms with E-state index in [2.05, 4.69) is 4.98 Å². The van der Waals surface area contributed by atoms with Gasteiger partial charge in [0.15, 0.2) is 0 Å². The molecule has 0 spiro atoms. The first-order valence-corrected chi connectivity index (χ1v) is 9.43. The van der Waals surface area contributed by atoms with Crippen LogP contribution in [0.2, 0.25) is 0 Å². The van der Waals surface area contributed by atoms with Gasteiger partial charge in [0.05, 0.1) is 5.69 Å². The molecule has 0 bridgehead atoms. The van der Waals surface area contributed by atoms with E-state index < -0.39 is 5.60 Å². The van der Waals surface area contributed by atoms with Gasteiger partial charge in [-0.25, -0.2) is 4.39 Å². The molecule has 0 aliphatic carbocycles. The van der Waals surface area contributed by atoms with Crippen LogP contribution in [0.3, 0.4) is 0 Å². The van der Waals surface area contributed by atoms with Crippen LogP contribution in [-0.2, 0) is 23.2 Å². The fourth-order valence-corrected chi connectivity index (χ4v) is 4.43. The normalized spacial score (nSPS) is 17.4. The molecule has 5 rings (SSSR count). The number of carbonyl (C=O) groups excluding carboxylic acids is 1. The van der Waals surface area contributed by atoms with E-state index in [1.54, 1.807) is 30.6 Å². The smallest absolute Gasteiger partial charge is 0.227 e. The number of hydrogen-bond acceptors (Lipinski definition) is 3. The number of anilines is 1. The zero-order chi connectivity index (χ0) is 19.3. The molecule has 2 aromatic carbocycles. The lowest BCUT2D eigenvalue weighted by Gasteiger charge is -2.32. The molecule has 140 valence electrons. The predicted molar refractivity (Wildman–Crippen MR) is 104 cm³/mol. The lowest BCUT2D eigenvalue weighted by atomic mass is 9.79. The first-order chi connectivity index (χ1) is 13.6. The Morgan fingerprint density at radius 2 is 1.71 bits per heavy atom. The molecule has 1 amide bonds. The van der Waals surface area contributed by atoms with Crippen LogP contribution in [0.4, 0.5) is 10.1 Å². The number of aliphatic hydroxyl groups is 1. The number of amides is 1. The van der Waals surface area contributed by atoms with Crippen LogP contribution < -0.4 is 4.90 Å². The summed E-state index contributed by atoms with van der Waals surface area (Å²) in [4.78, 5) is 18.3. The summed E-state index contributed by atoms with van der Waals surface area (Å²) in [6, 6.07) is 13.5. The highest BCUT2D eigenvalue weighted by Gasteiger charge is 2.38. The van der Waals surface area contributed by atoms with Crippen molar-refractivity contribution in [2.24, 2.45) is 0 Å². The molecular weight excluding hydrogens is 355 g/mol. The molecule has 1 aromatic heterocycles. The van der Waals surface area contributed by atoms with Crippen LogP contribution in [0.15, 0.2) is 60.9 Å². The Labute approximate surface area is 162 Å². The van der Waals surface area contributed by atoms with Gasteiger partial charge in [0.2, 0.25) is 5.91 Å². The molecule has 2 aliphatic heterocycles. The average molecular weight is 374 g/mol. The van der Waals surface area contributed by atoms with Crippen molar-refractivity contribution in [2.75, 3.05) is 11.4 Å². The fourth-order valence-electron chi connectivity index (χ4n) is 4.43. The third kappa shape index (κ3) is 2.47. The zero-order valence-corrected chi connectivity index (χ0v) is 15.2. The van der Waals surface area contributed by atoms with Gasteiger partial charge in [-0.2, -0.15) is 0 Å². The second-order valence-corrected chi connectivity index (χ2v) is 7.40. The van der Waals surface area contributed by atoms with Crippen molar-refractivity contribution in [1.29, 1.82) is 0 Å². The Hall–Kier alpha value is -3.05. The van der Waals surface area contributed by atoms with Crippen LogP contribution in [-0.4, -0.2) is 22.5 Å². The van der Waals surface area contributed by atoms with Gasteiger partial charge in [-0.1, -0.05) is 30.3 Å². The molecule has 0 fully saturated rings. The summed E-state index contributed by atoms with van der Waals surface area (Å²) in [7, 11) is 0. The molecule has 4 nitrogen and oxygen atoms in total. The zero-order valence-electron chi connectivity index (χ0n) is 15.2. The van der Waals surface area contributed by atoms with Gasteiger partial charge in [0.1, 0.15) is 11.4 Å². The highest BCUT2D eigenvalue weighted by atomic mass is 19.1. The molecule has 2 aliphatic rings. The summed E-state index contributed by atoms with van der Waals surface area (Å²) in [5.41, 5.74) is 3.62. The van der Waals surface area contributed by atoms with Gasteiger partial charge in [0, 0.05) is 30.9 Å². The van der Waals surface area contributed by atoms with Crippen molar-refractivity contribution in [3.63, 3.8) is 0 Å². The first-order valence-electron chi connectivity index (χ1n) is 9.43. The monoisotopic (exact) mass is 374 g/mol. The lowest BCUT2D eigenvalue weighted by molar-refractivity contribution is -0.118. The first kappa shape index (κ1) is 17.1. The summed E-state index contributed by atoms with van der Waals surface area (Å²) >= 11 is 0.